The van der Waals surface area contributed by atoms with Crippen molar-refractivity contribution in [1.82, 2.24) is 15.0 Å². The lowest BCUT2D eigenvalue weighted by Crippen LogP contribution is -2.51. The molecule has 7 rings (SSSR count). The summed E-state index contributed by atoms with van der Waals surface area (Å²) in [4.78, 5) is 37.6. The van der Waals surface area contributed by atoms with Crippen molar-refractivity contribution in [3.05, 3.63) is 36.5 Å². The normalized spacial score (nSPS) is 26.0. The molecule has 4 saturated carbocycles. The van der Waals surface area contributed by atoms with Crippen LogP contribution in [-0.2, 0) is 9.53 Å². The Morgan fingerprint density at radius 1 is 1.00 bits per heavy atom. The van der Waals surface area contributed by atoms with Crippen molar-refractivity contribution < 1.29 is 14.3 Å². The van der Waals surface area contributed by atoms with Gasteiger partial charge in [-0.25, -0.2) is 14.8 Å². The molecule has 4 aliphatic rings. The number of halogens is 1. The molecule has 0 aliphatic heterocycles. The van der Waals surface area contributed by atoms with Crippen LogP contribution in [-0.4, -0.2) is 32.6 Å². The average molecular weight is 524 g/mol. The third kappa shape index (κ3) is 5.17. The van der Waals surface area contributed by atoms with E-state index in [1.165, 1.54) is 19.3 Å². The lowest BCUT2D eigenvalue weighted by molar-refractivity contribution is -0.140. The first-order valence-electron chi connectivity index (χ1n) is 12.9. The maximum absolute atomic E-state index is 13.3. The molecule has 37 heavy (non-hydrogen) atoms. The molecule has 3 N–H and O–H groups in total. The van der Waals surface area contributed by atoms with Gasteiger partial charge >= 0.3 is 6.09 Å². The van der Waals surface area contributed by atoms with E-state index < -0.39 is 11.7 Å². The zero-order valence-electron chi connectivity index (χ0n) is 21.5. The number of rotatable bonds is 4. The van der Waals surface area contributed by atoms with Gasteiger partial charge in [0.05, 0.1) is 22.6 Å². The van der Waals surface area contributed by atoms with E-state index in [2.05, 4.69) is 25.6 Å². The number of aromatic amines is 1. The Kier molecular flexibility index (Phi) is 6.42. The van der Waals surface area contributed by atoms with E-state index in [0.717, 1.165) is 53.8 Å². The van der Waals surface area contributed by atoms with E-state index >= 15 is 0 Å². The van der Waals surface area contributed by atoms with Crippen molar-refractivity contribution in [1.29, 1.82) is 0 Å². The predicted molar refractivity (Wildman–Crippen MR) is 146 cm³/mol. The molecule has 4 bridgehead atoms. The number of ether oxygens (including phenoxy) is 1. The summed E-state index contributed by atoms with van der Waals surface area (Å²) in [5.41, 5.74) is 2.42. The van der Waals surface area contributed by atoms with Gasteiger partial charge in [-0.2, -0.15) is 0 Å². The zero-order valence-corrected chi connectivity index (χ0v) is 22.3. The fourth-order valence-corrected chi connectivity index (χ4v) is 6.89. The van der Waals surface area contributed by atoms with Crippen LogP contribution in [0.5, 0.6) is 0 Å². The number of amides is 2. The van der Waals surface area contributed by atoms with Crippen molar-refractivity contribution in [3.63, 3.8) is 0 Å². The molecule has 8 nitrogen and oxygen atoms in total. The number of anilines is 2. The second-order valence-electron chi connectivity index (χ2n) is 12.0. The van der Waals surface area contributed by atoms with Gasteiger partial charge in [0.1, 0.15) is 17.2 Å². The first kappa shape index (κ1) is 25.5. The molecular formula is C28H34ClN5O3. The Hall–Kier alpha value is -3.13. The number of nitrogens with one attached hydrogen (secondary N) is 3. The minimum absolute atomic E-state index is 0. The Labute approximate surface area is 222 Å². The molecule has 2 amide bonds. The Morgan fingerprint density at radius 3 is 2.22 bits per heavy atom. The molecule has 4 fully saturated rings. The second-order valence-corrected chi connectivity index (χ2v) is 12.0. The standard InChI is InChI=1S/C28H33N5O3.ClH/c1-27(2,3)36-26(35)33-23-11-21-22(15-29-23)32-24(31-21)19-4-6-20(7-5-19)30-25(34)28-12-16-8-17(13-28)10-18(9-16)14-28;/h4-7,11,15-18H,8-10,12-14H2,1-3H3,(H,30,34)(H,31,32)(H,29,33,35);1H. The van der Waals surface area contributed by atoms with Crippen molar-refractivity contribution >= 4 is 46.9 Å². The second kappa shape index (κ2) is 9.31. The monoisotopic (exact) mass is 523 g/mol. The number of nitrogens with zero attached hydrogens (tertiary/aromatic N) is 2. The highest BCUT2D eigenvalue weighted by atomic mass is 35.5. The van der Waals surface area contributed by atoms with Gasteiger partial charge in [-0.05, 0) is 101 Å². The van der Waals surface area contributed by atoms with Crippen LogP contribution in [0.15, 0.2) is 36.5 Å². The Bertz CT molecular complexity index is 1290. The lowest BCUT2D eigenvalue weighted by Gasteiger charge is -2.55. The minimum Gasteiger partial charge on any atom is -0.444 e. The predicted octanol–water partition coefficient (Wildman–Crippen LogP) is 6.55. The number of hydrogen-bond donors (Lipinski definition) is 3. The van der Waals surface area contributed by atoms with Crippen LogP contribution in [0.1, 0.15) is 59.3 Å². The molecule has 1 aromatic carbocycles. The van der Waals surface area contributed by atoms with Gasteiger partial charge in [0.15, 0.2) is 0 Å². The number of aromatic nitrogens is 3. The van der Waals surface area contributed by atoms with Gasteiger partial charge in [0, 0.05) is 17.3 Å². The summed E-state index contributed by atoms with van der Waals surface area (Å²) in [6.07, 6.45) is 8.23. The number of fused-ring (bicyclic) bond motifs is 1. The summed E-state index contributed by atoms with van der Waals surface area (Å²) < 4.78 is 5.29. The quantitative estimate of drug-likeness (QED) is 0.359. The van der Waals surface area contributed by atoms with Gasteiger partial charge in [-0.15, -0.1) is 12.4 Å². The van der Waals surface area contributed by atoms with E-state index in [1.54, 1.807) is 12.3 Å². The highest BCUT2D eigenvalue weighted by Gasteiger charge is 2.54. The van der Waals surface area contributed by atoms with E-state index in [4.69, 9.17) is 4.74 Å². The SMILES string of the molecule is CC(C)(C)OC(=O)Nc1cc2nc(-c3ccc(NC(=O)C45CC6CC(CC(C6)C4)C5)cc3)[nH]c2cn1.Cl. The molecule has 2 heterocycles. The van der Waals surface area contributed by atoms with Crippen molar-refractivity contribution in [2.24, 2.45) is 23.2 Å². The van der Waals surface area contributed by atoms with Crippen molar-refractivity contribution in [2.45, 2.75) is 64.9 Å². The number of carbonyl (C=O) groups excluding carboxylic acids is 2. The fraction of sp³-hybridized carbons (Fsp3) is 0.500. The highest BCUT2D eigenvalue weighted by Crippen LogP contribution is 2.60. The maximum Gasteiger partial charge on any atom is 0.413 e. The van der Waals surface area contributed by atoms with Crippen LogP contribution in [0.3, 0.4) is 0 Å². The van der Waals surface area contributed by atoms with Gasteiger partial charge in [0.2, 0.25) is 5.91 Å². The van der Waals surface area contributed by atoms with Gasteiger partial charge < -0.3 is 15.0 Å². The number of benzene rings is 1. The lowest BCUT2D eigenvalue weighted by atomic mass is 9.49. The summed E-state index contributed by atoms with van der Waals surface area (Å²) >= 11 is 0. The number of carbonyl (C=O) groups is 2. The van der Waals surface area contributed by atoms with E-state index in [0.29, 0.717) is 17.2 Å². The van der Waals surface area contributed by atoms with E-state index in [1.807, 2.05) is 45.0 Å². The molecule has 2 aromatic heterocycles. The van der Waals surface area contributed by atoms with Gasteiger partial charge in [-0.3, -0.25) is 10.1 Å². The largest absolute Gasteiger partial charge is 0.444 e. The topological polar surface area (TPSA) is 109 Å². The van der Waals surface area contributed by atoms with Crippen LogP contribution in [0.25, 0.3) is 22.4 Å². The first-order chi connectivity index (χ1) is 17.1. The third-order valence-electron chi connectivity index (χ3n) is 7.93. The minimum atomic E-state index is -0.589. The third-order valence-corrected chi connectivity index (χ3v) is 7.93. The summed E-state index contributed by atoms with van der Waals surface area (Å²) in [7, 11) is 0. The van der Waals surface area contributed by atoms with Gasteiger partial charge in [0.25, 0.3) is 0 Å². The summed E-state index contributed by atoms with van der Waals surface area (Å²) in [5.74, 6) is 3.50. The van der Waals surface area contributed by atoms with Gasteiger partial charge in [-0.1, -0.05) is 0 Å². The molecule has 0 spiro atoms. The number of pyridine rings is 1. The Morgan fingerprint density at radius 2 is 1.62 bits per heavy atom. The van der Waals surface area contributed by atoms with Crippen LogP contribution < -0.4 is 10.6 Å². The smallest absolute Gasteiger partial charge is 0.413 e. The number of H-pyrrole nitrogens is 1. The van der Waals surface area contributed by atoms with Crippen molar-refractivity contribution in [2.75, 3.05) is 10.6 Å². The number of hydrogen-bond acceptors (Lipinski definition) is 5. The molecule has 0 atom stereocenters. The molecule has 3 aromatic rings. The molecule has 0 unspecified atom stereocenters. The fourth-order valence-electron chi connectivity index (χ4n) is 6.89. The molecule has 0 saturated heterocycles. The maximum atomic E-state index is 13.3. The highest BCUT2D eigenvalue weighted by molar-refractivity contribution is 5.96. The van der Waals surface area contributed by atoms with Crippen LogP contribution in [0.2, 0.25) is 0 Å². The van der Waals surface area contributed by atoms with Crippen LogP contribution >= 0.6 is 12.4 Å². The zero-order chi connectivity index (χ0) is 25.1. The molecule has 9 heteroatoms. The van der Waals surface area contributed by atoms with Crippen LogP contribution in [0.4, 0.5) is 16.3 Å². The molecule has 0 radical (unpaired) electrons. The Balaban J connectivity index is 0.00000280. The summed E-state index contributed by atoms with van der Waals surface area (Å²) in [6, 6.07) is 9.50. The van der Waals surface area contributed by atoms with E-state index in [9.17, 15) is 9.59 Å². The van der Waals surface area contributed by atoms with Crippen molar-refractivity contribution in [3.8, 4) is 11.4 Å². The van der Waals surface area contributed by atoms with Crippen LogP contribution in [0, 0.1) is 23.2 Å². The molecule has 4 aliphatic carbocycles. The average Bonchev–Trinajstić information content (AvgIpc) is 3.21. The number of imidazole rings is 1. The first-order valence-corrected chi connectivity index (χ1v) is 12.9. The summed E-state index contributed by atoms with van der Waals surface area (Å²) in [6.45, 7) is 5.43. The van der Waals surface area contributed by atoms with E-state index in [-0.39, 0.29) is 23.7 Å². The summed E-state index contributed by atoms with van der Waals surface area (Å²) in [5, 5.41) is 5.86. The molecule has 196 valence electrons. The molecular weight excluding hydrogens is 490 g/mol.